The van der Waals surface area contributed by atoms with E-state index in [9.17, 15) is 4.79 Å². The molecule has 0 saturated heterocycles. The van der Waals surface area contributed by atoms with E-state index in [0.29, 0.717) is 17.0 Å². The lowest BCUT2D eigenvalue weighted by molar-refractivity contribution is 0.0950. The highest BCUT2D eigenvalue weighted by Gasteiger charge is 2.24. The summed E-state index contributed by atoms with van der Waals surface area (Å²) in [6, 6.07) is 9.35. The summed E-state index contributed by atoms with van der Waals surface area (Å²) in [7, 11) is 3.94. The third kappa shape index (κ3) is 3.30. The van der Waals surface area contributed by atoms with Crippen molar-refractivity contribution in [2.24, 2.45) is 0 Å². The van der Waals surface area contributed by atoms with Crippen LogP contribution in [0.4, 0.5) is 5.69 Å². The maximum atomic E-state index is 12.5. The number of amides is 1. The predicted octanol–water partition coefficient (Wildman–Crippen LogP) is 3.52. The number of pyridine rings is 1. The number of benzene rings is 1. The summed E-state index contributed by atoms with van der Waals surface area (Å²) in [6.45, 7) is 0. The predicted molar refractivity (Wildman–Crippen MR) is 104 cm³/mol. The molecule has 4 rings (SSSR count). The summed E-state index contributed by atoms with van der Waals surface area (Å²) >= 11 is 1.55. The lowest BCUT2D eigenvalue weighted by atomic mass is 10.2. The molecule has 132 valence electrons. The van der Waals surface area contributed by atoms with Gasteiger partial charge in [0.05, 0.1) is 16.5 Å². The number of thioether (sulfide) groups is 1. The second-order valence-corrected chi connectivity index (χ2v) is 7.43. The van der Waals surface area contributed by atoms with E-state index in [0.717, 1.165) is 22.5 Å². The summed E-state index contributed by atoms with van der Waals surface area (Å²) in [5.74, 6) is 0.495. The summed E-state index contributed by atoms with van der Waals surface area (Å²) in [5.41, 5.74) is 3.16. The van der Waals surface area contributed by atoms with Gasteiger partial charge < -0.3 is 14.6 Å². The van der Waals surface area contributed by atoms with Crippen LogP contribution in [-0.4, -0.2) is 35.3 Å². The first-order chi connectivity index (χ1) is 12.6. The maximum absolute atomic E-state index is 12.5. The molecular formula is C19H18N4O2S. The number of aromatic nitrogens is 2. The highest BCUT2D eigenvalue weighted by Crippen LogP contribution is 2.38. The number of oxazole rings is 1. The zero-order valence-electron chi connectivity index (χ0n) is 14.5. The molecule has 0 aliphatic carbocycles. The Kier molecular flexibility index (Phi) is 4.38. The lowest BCUT2D eigenvalue weighted by Gasteiger charge is -2.14. The minimum atomic E-state index is -0.0794. The number of fused-ring (bicyclic) bond motifs is 1. The number of rotatable bonds is 4. The van der Waals surface area contributed by atoms with Crippen molar-refractivity contribution in [3.8, 4) is 0 Å². The monoisotopic (exact) mass is 366 g/mol. The van der Waals surface area contributed by atoms with Gasteiger partial charge in [0, 0.05) is 37.6 Å². The van der Waals surface area contributed by atoms with Gasteiger partial charge in [-0.2, -0.15) is 0 Å². The van der Waals surface area contributed by atoms with Gasteiger partial charge in [0.2, 0.25) is 5.89 Å². The lowest BCUT2D eigenvalue weighted by Crippen LogP contribution is -2.30. The molecule has 1 unspecified atom stereocenters. The highest BCUT2D eigenvalue weighted by atomic mass is 32.2. The molecule has 3 aromatic rings. The molecule has 7 heteroatoms. The van der Waals surface area contributed by atoms with Crippen LogP contribution < -0.4 is 10.2 Å². The topological polar surface area (TPSA) is 71.3 Å². The number of carbonyl (C=O) groups is 1. The number of nitrogens with one attached hydrogen (secondary N) is 1. The van der Waals surface area contributed by atoms with E-state index in [1.807, 2.05) is 49.3 Å². The van der Waals surface area contributed by atoms with E-state index in [-0.39, 0.29) is 11.3 Å². The average molecular weight is 366 g/mol. The highest BCUT2D eigenvalue weighted by molar-refractivity contribution is 8.09. The molecule has 0 radical (unpaired) electrons. The van der Waals surface area contributed by atoms with Crippen LogP contribution in [0, 0.1) is 0 Å². The fraction of sp³-hybridized carbons (Fsp3) is 0.211. The molecule has 1 atom stereocenters. The van der Waals surface area contributed by atoms with Crippen LogP contribution in [-0.2, 0) is 0 Å². The third-order valence-electron chi connectivity index (χ3n) is 4.13. The van der Waals surface area contributed by atoms with Gasteiger partial charge in [0.15, 0.2) is 5.58 Å². The minimum absolute atomic E-state index is 0.0286. The molecule has 0 spiro atoms. The van der Waals surface area contributed by atoms with Crippen LogP contribution in [0.1, 0.15) is 22.7 Å². The van der Waals surface area contributed by atoms with E-state index in [2.05, 4.69) is 15.3 Å². The fourth-order valence-electron chi connectivity index (χ4n) is 2.72. The number of hydrogen-bond acceptors (Lipinski definition) is 6. The smallest absolute Gasteiger partial charge is 0.252 e. The number of anilines is 1. The number of carbonyl (C=O) groups excluding carboxylic acids is 1. The van der Waals surface area contributed by atoms with Crippen LogP contribution >= 0.6 is 11.8 Å². The molecule has 6 nitrogen and oxygen atoms in total. The Bertz CT molecular complexity index is 946. The standard InChI is InChI=1S/C19H18N4O2S/c1-23(2)13-5-3-12(4-6-13)18(24)22-17-8-7-16(26-17)19-21-14-11-20-10-9-15(14)25-19/h3-7,9-11,17H,8H2,1-2H3,(H,22,24). The Morgan fingerprint density at radius 3 is 2.81 bits per heavy atom. The van der Waals surface area contributed by atoms with Gasteiger partial charge in [-0.15, -0.1) is 0 Å². The molecule has 1 aromatic carbocycles. The van der Waals surface area contributed by atoms with E-state index >= 15 is 0 Å². The van der Waals surface area contributed by atoms with Crippen LogP contribution in [0.2, 0.25) is 0 Å². The third-order valence-corrected chi connectivity index (χ3v) is 5.32. The van der Waals surface area contributed by atoms with Crippen molar-refractivity contribution in [1.82, 2.24) is 15.3 Å². The summed E-state index contributed by atoms with van der Waals surface area (Å²) in [4.78, 5) is 23.9. The molecule has 1 aliphatic rings. The maximum Gasteiger partial charge on any atom is 0.252 e. The van der Waals surface area contributed by atoms with Crippen molar-refractivity contribution < 1.29 is 9.21 Å². The molecule has 1 N–H and O–H groups in total. The Morgan fingerprint density at radius 1 is 1.27 bits per heavy atom. The molecule has 3 heterocycles. The first-order valence-corrected chi connectivity index (χ1v) is 9.14. The van der Waals surface area contributed by atoms with Crippen LogP contribution in [0.15, 0.2) is 53.2 Å². The van der Waals surface area contributed by atoms with Gasteiger partial charge in [-0.05, 0) is 30.7 Å². The zero-order chi connectivity index (χ0) is 18.1. The molecule has 0 fully saturated rings. The van der Waals surface area contributed by atoms with Crippen LogP contribution in [0.5, 0.6) is 0 Å². The average Bonchev–Trinajstić information content (AvgIpc) is 3.28. The molecule has 1 aliphatic heterocycles. The van der Waals surface area contributed by atoms with E-state index in [1.54, 1.807) is 30.2 Å². The largest absolute Gasteiger partial charge is 0.435 e. The van der Waals surface area contributed by atoms with Crippen LogP contribution in [0.3, 0.4) is 0 Å². The summed E-state index contributed by atoms with van der Waals surface area (Å²) < 4.78 is 5.77. The van der Waals surface area contributed by atoms with Crippen molar-refractivity contribution in [3.05, 3.63) is 60.3 Å². The SMILES string of the molecule is CN(C)c1ccc(C(=O)NC2CC=C(c3nc4cnccc4o3)S2)cc1. The van der Waals surface area contributed by atoms with Gasteiger partial charge in [0.1, 0.15) is 5.52 Å². The quantitative estimate of drug-likeness (QED) is 0.762. The molecule has 0 bridgehead atoms. The number of nitrogens with zero attached hydrogens (tertiary/aromatic N) is 3. The zero-order valence-corrected chi connectivity index (χ0v) is 15.3. The van der Waals surface area contributed by atoms with E-state index in [4.69, 9.17) is 4.42 Å². The van der Waals surface area contributed by atoms with Gasteiger partial charge in [-0.25, -0.2) is 4.98 Å². The molecule has 1 amide bonds. The Labute approximate surface area is 155 Å². The van der Waals surface area contributed by atoms with Crippen molar-refractivity contribution in [2.75, 3.05) is 19.0 Å². The van der Waals surface area contributed by atoms with E-state index < -0.39 is 0 Å². The van der Waals surface area contributed by atoms with Crippen molar-refractivity contribution in [3.63, 3.8) is 0 Å². The normalized spacial score (nSPS) is 16.5. The second kappa shape index (κ2) is 6.84. The van der Waals surface area contributed by atoms with Gasteiger partial charge in [-0.3, -0.25) is 9.78 Å². The molecule has 2 aromatic heterocycles. The van der Waals surface area contributed by atoms with Crippen molar-refractivity contribution in [1.29, 1.82) is 0 Å². The first kappa shape index (κ1) is 16.7. The minimum Gasteiger partial charge on any atom is -0.435 e. The van der Waals surface area contributed by atoms with Gasteiger partial charge in [0.25, 0.3) is 5.91 Å². The Balaban J connectivity index is 1.41. The van der Waals surface area contributed by atoms with E-state index in [1.165, 1.54) is 0 Å². The molecule has 26 heavy (non-hydrogen) atoms. The second-order valence-electron chi connectivity index (χ2n) is 6.19. The first-order valence-electron chi connectivity index (χ1n) is 8.26. The van der Waals surface area contributed by atoms with Gasteiger partial charge in [-0.1, -0.05) is 17.8 Å². The summed E-state index contributed by atoms with van der Waals surface area (Å²) in [5, 5.41) is 3.03. The Hall–Kier alpha value is -2.80. The molecular weight excluding hydrogens is 348 g/mol. The van der Waals surface area contributed by atoms with Crippen LogP contribution in [0.25, 0.3) is 16.0 Å². The molecule has 0 saturated carbocycles. The van der Waals surface area contributed by atoms with Crippen molar-refractivity contribution in [2.45, 2.75) is 11.8 Å². The van der Waals surface area contributed by atoms with Gasteiger partial charge >= 0.3 is 0 Å². The Morgan fingerprint density at radius 2 is 2.08 bits per heavy atom. The summed E-state index contributed by atoms with van der Waals surface area (Å²) in [6.07, 6.45) is 6.14. The van der Waals surface area contributed by atoms with Crippen molar-refractivity contribution >= 4 is 39.4 Å². The fourth-order valence-corrected chi connectivity index (χ4v) is 3.76. The number of hydrogen-bond donors (Lipinski definition) is 1.